The van der Waals surface area contributed by atoms with Crippen molar-refractivity contribution in [2.75, 3.05) is 4.90 Å². The number of carbonyl (C=O) groups is 3. The normalized spacial score (nSPS) is 14.7. The van der Waals surface area contributed by atoms with Crippen LogP contribution in [0.15, 0.2) is 72.3 Å². The molecule has 9 nitrogen and oxygen atoms in total. The van der Waals surface area contributed by atoms with Gasteiger partial charge in [-0.3, -0.25) is 25.0 Å². The third-order valence-electron chi connectivity index (χ3n) is 5.51. The smallest absolute Gasteiger partial charge is 0.335 e. The van der Waals surface area contributed by atoms with Gasteiger partial charge in [-0.1, -0.05) is 25.1 Å². The highest BCUT2D eigenvalue weighted by molar-refractivity contribution is 14.1. The Balaban J connectivity index is 1.52. The molecule has 0 aliphatic carbocycles. The number of hydrogen-bond acceptors (Lipinski definition) is 6. The molecular formula is C26H20IN3O6. The molecule has 0 aromatic heterocycles. The van der Waals surface area contributed by atoms with Gasteiger partial charge in [0.1, 0.15) is 17.9 Å². The molecule has 36 heavy (non-hydrogen) atoms. The van der Waals surface area contributed by atoms with Crippen LogP contribution >= 0.6 is 22.6 Å². The molecule has 1 aliphatic heterocycles. The number of imide groups is 2. The van der Waals surface area contributed by atoms with E-state index in [1.54, 1.807) is 42.5 Å². The van der Waals surface area contributed by atoms with Crippen molar-refractivity contribution in [3.05, 3.63) is 103 Å². The summed E-state index contributed by atoms with van der Waals surface area (Å²) in [6.07, 6.45) is 2.25. The first-order chi connectivity index (χ1) is 17.3. The highest BCUT2D eigenvalue weighted by Crippen LogP contribution is 2.27. The van der Waals surface area contributed by atoms with Crippen molar-refractivity contribution in [3.63, 3.8) is 0 Å². The van der Waals surface area contributed by atoms with Gasteiger partial charge >= 0.3 is 6.03 Å². The van der Waals surface area contributed by atoms with Crippen LogP contribution < -0.4 is 15.0 Å². The zero-order valence-electron chi connectivity index (χ0n) is 19.1. The molecule has 3 aromatic carbocycles. The summed E-state index contributed by atoms with van der Waals surface area (Å²) < 4.78 is 6.55. The number of amides is 4. The van der Waals surface area contributed by atoms with Crippen molar-refractivity contribution < 1.29 is 24.0 Å². The Morgan fingerprint density at radius 1 is 1.00 bits per heavy atom. The predicted molar refractivity (Wildman–Crippen MR) is 141 cm³/mol. The fraction of sp³-hybridized carbons (Fsp3) is 0.115. The van der Waals surface area contributed by atoms with Crippen molar-refractivity contribution >= 4 is 57.9 Å². The zero-order valence-corrected chi connectivity index (χ0v) is 21.2. The molecule has 10 heteroatoms. The largest absolute Gasteiger partial charge is 0.488 e. The van der Waals surface area contributed by atoms with Gasteiger partial charge in [0.15, 0.2) is 0 Å². The minimum Gasteiger partial charge on any atom is -0.488 e. The summed E-state index contributed by atoms with van der Waals surface area (Å²) in [5.74, 6) is -0.898. The van der Waals surface area contributed by atoms with Crippen LogP contribution in [0.3, 0.4) is 0 Å². The number of barbiturate groups is 1. The van der Waals surface area contributed by atoms with Crippen molar-refractivity contribution in [3.8, 4) is 5.75 Å². The Morgan fingerprint density at radius 2 is 1.67 bits per heavy atom. The Kier molecular flexibility index (Phi) is 7.44. The van der Waals surface area contributed by atoms with E-state index >= 15 is 0 Å². The summed E-state index contributed by atoms with van der Waals surface area (Å²) in [6, 6.07) is 17.4. The van der Waals surface area contributed by atoms with E-state index < -0.39 is 22.8 Å². The second-order valence-electron chi connectivity index (χ2n) is 7.88. The van der Waals surface area contributed by atoms with E-state index in [9.17, 15) is 24.5 Å². The first-order valence-corrected chi connectivity index (χ1v) is 12.0. The lowest BCUT2D eigenvalue weighted by atomic mass is 10.1. The first-order valence-electron chi connectivity index (χ1n) is 10.9. The van der Waals surface area contributed by atoms with Gasteiger partial charge in [0, 0.05) is 12.1 Å². The van der Waals surface area contributed by atoms with Gasteiger partial charge in [0.05, 0.1) is 14.2 Å². The molecule has 1 saturated heterocycles. The molecule has 1 aliphatic rings. The van der Waals surface area contributed by atoms with Crippen LogP contribution in [0.25, 0.3) is 6.08 Å². The van der Waals surface area contributed by atoms with Gasteiger partial charge in [-0.05, 0) is 88.2 Å². The number of halogens is 1. The molecule has 0 radical (unpaired) electrons. The number of ether oxygens (including phenoxy) is 1. The highest BCUT2D eigenvalue weighted by atomic mass is 127. The minimum absolute atomic E-state index is 0.00487. The van der Waals surface area contributed by atoms with E-state index in [0.717, 1.165) is 26.0 Å². The number of nitro benzene ring substituents is 1. The van der Waals surface area contributed by atoms with Crippen LogP contribution in [-0.4, -0.2) is 22.8 Å². The number of carbonyl (C=O) groups excluding carboxylic acids is 3. The lowest BCUT2D eigenvalue weighted by Crippen LogP contribution is -2.54. The van der Waals surface area contributed by atoms with Crippen molar-refractivity contribution in [2.24, 2.45) is 0 Å². The molecule has 1 N–H and O–H groups in total. The number of nitro groups is 1. The second-order valence-corrected chi connectivity index (χ2v) is 9.04. The summed E-state index contributed by atoms with van der Waals surface area (Å²) in [4.78, 5) is 49.2. The van der Waals surface area contributed by atoms with Crippen LogP contribution in [0.2, 0.25) is 0 Å². The van der Waals surface area contributed by atoms with Gasteiger partial charge in [0.2, 0.25) is 0 Å². The molecule has 1 heterocycles. The van der Waals surface area contributed by atoms with Crippen molar-refractivity contribution in [1.82, 2.24) is 5.32 Å². The van der Waals surface area contributed by atoms with Crippen molar-refractivity contribution in [1.29, 1.82) is 0 Å². The van der Waals surface area contributed by atoms with Gasteiger partial charge in [-0.15, -0.1) is 0 Å². The van der Waals surface area contributed by atoms with E-state index in [4.69, 9.17) is 4.74 Å². The quantitative estimate of drug-likeness (QED) is 0.135. The Morgan fingerprint density at radius 3 is 2.28 bits per heavy atom. The molecule has 1 fully saturated rings. The minimum atomic E-state index is -0.795. The lowest BCUT2D eigenvalue weighted by Gasteiger charge is -2.26. The number of non-ortho nitro benzene ring substituents is 1. The van der Waals surface area contributed by atoms with Crippen LogP contribution in [0.4, 0.5) is 16.2 Å². The molecule has 3 aromatic rings. The number of nitrogens with one attached hydrogen (secondary N) is 1. The molecule has 0 unspecified atom stereocenters. The average Bonchev–Trinajstić information content (AvgIpc) is 2.86. The van der Waals surface area contributed by atoms with Gasteiger partial charge in [-0.25, -0.2) is 9.69 Å². The molecular weight excluding hydrogens is 577 g/mol. The SMILES string of the molecule is CCc1ccc(N2C(=O)NC(=O)/C(=C/c3ccc(OCc4ccc([N+](=O)[O-])cc4)c(I)c3)C2=O)cc1. The number of aryl methyl sites for hydroxylation is 1. The summed E-state index contributed by atoms with van der Waals surface area (Å²) >= 11 is 2.08. The molecule has 0 spiro atoms. The predicted octanol–water partition coefficient (Wildman–Crippen LogP) is 5.01. The maximum absolute atomic E-state index is 13.1. The Labute approximate surface area is 220 Å². The monoisotopic (exact) mass is 597 g/mol. The van der Waals surface area contributed by atoms with Gasteiger partial charge < -0.3 is 4.74 Å². The molecule has 0 atom stereocenters. The maximum atomic E-state index is 13.1. The van der Waals surface area contributed by atoms with Crippen LogP contribution in [0, 0.1) is 13.7 Å². The molecule has 0 saturated carbocycles. The molecule has 4 amide bonds. The van der Waals surface area contributed by atoms with Crippen LogP contribution in [-0.2, 0) is 22.6 Å². The van der Waals surface area contributed by atoms with Crippen LogP contribution in [0.5, 0.6) is 5.75 Å². The maximum Gasteiger partial charge on any atom is 0.335 e. The fourth-order valence-corrected chi connectivity index (χ4v) is 4.23. The number of hydrogen-bond donors (Lipinski definition) is 1. The van der Waals surface area contributed by atoms with E-state index in [-0.39, 0.29) is 17.9 Å². The lowest BCUT2D eigenvalue weighted by molar-refractivity contribution is -0.384. The summed E-state index contributed by atoms with van der Waals surface area (Å²) in [7, 11) is 0. The highest BCUT2D eigenvalue weighted by Gasteiger charge is 2.36. The Hall–Kier alpha value is -4.06. The number of benzene rings is 3. The van der Waals surface area contributed by atoms with E-state index in [2.05, 4.69) is 27.9 Å². The standard InChI is InChI=1S/C26H20IN3O6/c1-2-16-3-8-19(9-4-16)29-25(32)21(24(31)28-26(29)33)13-18-7-12-23(22(27)14-18)36-15-17-5-10-20(11-6-17)30(34)35/h3-14H,2,15H2,1H3,(H,28,31,33)/b21-13-. The third kappa shape index (κ3) is 5.43. The second kappa shape index (κ2) is 10.7. The van der Waals surface area contributed by atoms with Gasteiger partial charge in [0.25, 0.3) is 17.5 Å². The number of anilines is 1. The summed E-state index contributed by atoms with van der Waals surface area (Å²) in [5.41, 5.74) is 2.62. The molecule has 182 valence electrons. The Bertz CT molecular complexity index is 1380. The molecule has 0 bridgehead atoms. The average molecular weight is 597 g/mol. The summed E-state index contributed by atoms with van der Waals surface area (Å²) in [5, 5.41) is 13.0. The summed E-state index contributed by atoms with van der Waals surface area (Å²) in [6.45, 7) is 2.21. The van der Waals surface area contributed by atoms with Crippen LogP contribution in [0.1, 0.15) is 23.6 Å². The van der Waals surface area contributed by atoms with E-state index in [0.29, 0.717) is 17.0 Å². The van der Waals surface area contributed by atoms with Gasteiger partial charge in [-0.2, -0.15) is 0 Å². The number of rotatable bonds is 7. The fourth-order valence-electron chi connectivity index (χ4n) is 3.54. The topological polar surface area (TPSA) is 119 Å². The van der Waals surface area contributed by atoms with Crippen molar-refractivity contribution in [2.45, 2.75) is 20.0 Å². The first kappa shape index (κ1) is 25.0. The van der Waals surface area contributed by atoms with E-state index in [1.165, 1.54) is 18.2 Å². The zero-order chi connectivity index (χ0) is 25.8. The third-order valence-corrected chi connectivity index (χ3v) is 6.36. The molecule has 4 rings (SSSR count). The number of nitrogens with zero attached hydrogens (tertiary/aromatic N) is 2. The van der Waals surface area contributed by atoms with E-state index in [1.807, 2.05) is 19.1 Å². The number of urea groups is 1.